The van der Waals surface area contributed by atoms with E-state index in [1.54, 1.807) is 0 Å². The predicted octanol–water partition coefficient (Wildman–Crippen LogP) is 3.19. The summed E-state index contributed by atoms with van der Waals surface area (Å²) in [7, 11) is 0. The highest BCUT2D eigenvalue weighted by Crippen LogP contribution is 2.29. The smallest absolute Gasteiger partial charge is 0.0224 e. The molecule has 0 spiro atoms. The molecule has 1 saturated heterocycles. The number of nitrogens with zero attached hydrogens (tertiary/aromatic N) is 1. The molecule has 0 amide bonds. The number of piperazine rings is 1. The fraction of sp³-hybridized carbons (Fsp3) is 0.875. The van der Waals surface area contributed by atoms with Crippen molar-refractivity contribution >= 4 is 0 Å². The Bertz CT molecular complexity index is 258. The molecule has 1 aliphatic carbocycles. The van der Waals surface area contributed by atoms with Crippen LogP contribution in [0.15, 0.2) is 12.7 Å². The molecule has 2 fully saturated rings. The maximum absolute atomic E-state index is 3.89. The molecule has 3 atom stereocenters. The standard InChI is InChI=1S/C16H30N2/c1-4-8-13(2)18-12-16(17-11-14(18)3)15-9-6-5-7-10-15/h4,13-17H,1,5-12H2,2-3H3. The first-order valence-electron chi connectivity index (χ1n) is 7.82. The first kappa shape index (κ1) is 14.1. The Hall–Kier alpha value is -0.340. The molecule has 2 heteroatoms. The third-order valence-corrected chi connectivity index (χ3v) is 4.94. The third kappa shape index (κ3) is 3.36. The van der Waals surface area contributed by atoms with Gasteiger partial charge in [0.25, 0.3) is 0 Å². The number of hydrogen-bond acceptors (Lipinski definition) is 2. The van der Waals surface area contributed by atoms with Crippen molar-refractivity contribution in [2.75, 3.05) is 13.1 Å². The van der Waals surface area contributed by atoms with Crippen LogP contribution in [0.2, 0.25) is 0 Å². The van der Waals surface area contributed by atoms with Gasteiger partial charge >= 0.3 is 0 Å². The van der Waals surface area contributed by atoms with Gasteiger partial charge in [0.1, 0.15) is 0 Å². The molecule has 2 nitrogen and oxygen atoms in total. The van der Waals surface area contributed by atoms with Crippen LogP contribution in [0.3, 0.4) is 0 Å². The third-order valence-electron chi connectivity index (χ3n) is 4.94. The van der Waals surface area contributed by atoms with E-state index in [0.29, 0.717) is 12.1 Å². The molecule has 1 heterocycles. The Labute approximate surface area is 113 Å². The summed E-state index contributed by atoms with van der Waals surface area (Å²) in [6.45, 7) is 11.0. The van der Waals surface area contributed by atoms with Crippen molar-refractivity contribution < 1.29 is 0 Å². The average molecular weight is 250 g/mol. The van der Waals surface area contributed by atoms with Gasteiger partial charge in [-0.2, -0.15) is 0 Å². The summed E-state index contributed by atoms with van der Waals surface area (Å²) >= 11 is 0. The lowest BCUT2D eigenvalue weighted by Gasteiger charge is -2.45. The highest BCUT2D eigenvalue weighted by Gasteiger charge is 2.32. The molecule has 1 N–H and O–H groups in total. The maximum atomic E-state index is 3.89. The lowest BCUT2D eigenvalue weighted by Crippen LogP contribution is -2.60. The van der Waals surface area contributed by atoms with Crippen molar-refractivity contribution in [1.29, 1.82) is 0 Å². The summed E-state index contributed by atoms with van der Waals surface area (Å²) in [5.41, 5.74) is 0. The summed E-state index contributed by atoms with van der Waals surface area (Å²) in [5.74, 6) is 0.921. The highest BCUT2D eigenvalue weighted by molar-refractivity contribution is 4.92. The monoisotopic (exact) mass is 250 g/mol. The maximum Gasteiger partial charge on any atom is 0.0224 e. The van der Waals surface area contributed by atoms with Crippen molar-refractivity contribution in [3.8, 4) is 0 Å². The van der Waals surface area contributed by atoms with E-state index in [9.17, 15) is 0 Å². The molecular formula is C16H30N2. The lowest BCUT2D eigenvalue weighted by atomic mass is 9.82. The van der Waals surface area contributed by atoms with Crippen LogP contribution in [0.25, 0.3) is 0 Å². The molecule has 0 aromatic rings. The molecule has 1 saturated carbocycles. The van der Waals surface area contributed by atoms with Gasteiger partial charge in [-0.25, -0.2) is 0 Å². The van der Waals surface area contributed by atoms with Crippen LogP contribution in [-0.4, -0.2) is 36.1 Å². The summed E-state index contributed by atoms with van der Waals surface area (Å²) in [5, 5.41) is 3.80. The van der Waals surface area contributed by atoms with Crippen LogP contribution >= 0.6 is 0 Å². The minimum absolute atomic E-state index is 0.644. The largest absolute Gasteiger partial charge is 0.311 e. The molecule has 2 rings (SSSR count). The minimum atomic E-state index is 0.644. The molecule has 0 bridgehead atoms. The summed E-state index contributed by atoms with van der Waals surface area (Å²) in [6.07, 6.45) is 10.4. The molecule has 0 radical (unpaired) electrons. The molecule has 104 valence electrons. The molecule has 1 aliphatic heterocycles. The molecular weight excluding hydrogens is 220 g/mol. The van der Waals surface area contributed by atoms with Gasteiger partial charge in [0.15, 0.2) is 0 Å². The zero-order chi connectivity index (χ0) is 13.0. The van der Waals surface area contributed by atoms with Crippen LogP contribution in [0.5, 0.6) is 0 Å². The summed E-state index contributed by atoms with van der Waals surface area (Å²) in [4.78, 5) is 2.69. The van der Waals surface area contributed by atoms with Crippen molar-refractivity contribution in [2.24, 2.45) is 5.92 Å². The highest BCUT2D eigenvalue weighted by atomic mass is 15.2. The van der Waals surface area contributed by atoms with Crippen LogP contribution in [0.1, 0.15) is 52.4 Å². The molecule has 0 aromatic heterocycles. The average Bonchev–Trinajstić information content (AvgIpc) is 2.40. The second-order valence-corrected chi connectivity index (χ2v) is 6.33. The number of rotatable bonds is 4. The van der Waals surface area contributed by atoms with Crippen molar-refractivity contribution in [1.82, 2.24) is 10.2 Å². The molecule has 18 heavy (non-hydrogen) atoms. The van der Waals surface area contributed by atoms with Gasteiger partial charge in [0.05, 0.1) is 0 Å². The zero-order valence-corrected chi connectivity index (χ0v) is 12.2. The van der Waals surface area contributed by atoms with Gasteiger partial charge in [-0.15, -0.1) is 6.58 Å². The van der Waals surface area contributed by atoms with Crippen LogP contribution in [0, 0.1) is 5.92 Å². The van der Waals surface area contributed by atoms with E-state index in [1.807, 2.05) is 0 Å². The van der Waals surface area contributed by atoms with Crippen LogP contribution < -0.4 is 5.32 Å². The first-order valence-corrected chi connectivity index (χ1v) is 7.82. The second-order valence-electron chi connectivity index (χ2n) is 6.33. The van der Waals surface area contributed by atoms with E-state index in [-0.39, 0.29) is 0 Å². The second kappa shape index (κ2) is 6.72. The van der Waals surface area contributed by atoms with E-state index >= 15 is 0 Å². The fourth-order valence-electron chi connectivity index (χ4n) is 3.75. The van der Waals surface area contributed by atoms with E-state index in [1.165, 1.54) is 38.6 Å². The molecule has 0 aromatic carbocycles. The lowest BCUT2D eigenvalue weighted by molar-refractivity contribution is 0.0731. The Balaban J connectivity index is 1.92. The number of hydrogen-bond donors (Lipinski definition) is 1. The summed E-state index contributed by atoms with van der Waals surface area (Å²) in [6, 6.07) is 2.04. The van der Waals surface area contributed by atoms with E-state index in [2.05, 4.69) is 36.7 Å². The quantitative estimate of drug-likeness (QED) is 0.771. The fourth-order valence-corrected chi connectivity index (χ4v) is 3.75. The normalized spacial score (nSPS) is 33.2. The van der Waals surface area contributed by atoms with Crippen molar-refractivity contribution in [3.63, 3.8) is 0 Å². The zero-order valence-electron chi connectivity index (χ0n) is 12.2. The van der Waals surface area contributed by atoms with E-state index < -0.39 is 0 Å². The molecule has 3 unspecified atom stereocenters. The van der Waals surface area contributed by atoms with Gasteiger partial charge < -0.3 is 5.32 Å². The SMILES string of the molecule is C=CCC(C)N1CC(C2CCCCC2)NCC1C. The van der Waals surface area contributed by atoms with E-state index in [4.69, 9.17) is 0 Å². The van der Waals surface area contributed by atoms with Gasteiger partial charge in [-0.05, 0) is 39.0 Å². The number of nitrogens with one attached hydrogen (secondary N) is 1. The summed E-state index contributed by atoms with van der Waals surface area (Å²) < 4.78 is 0. The van der Waals surface area contributed by atoms with Gasteiger partial charge in [-0.1, -0.05) is 25.3 Å². The van der Waals surface area contributed by atoms with Gasteiger partial charge in [0, 0.05) is 31.2 Å². The van der Waals surface area contributed by atoms with Gasteiger partial charge in [-0.3, -0.25) is 4.90 Å². The first-order chi connectivity index (χ1) is 8.72. The van der Waals surface area contributed by atoms with Crippen LogP contribution in [0.4, 0.5) is 0 Å². The van der Waals surface area contributed by atoms with Crippen LogP contribution in [-0.2, 0) is 0 Å². The Morgan fingerprint density at radius 2 is 2.06 bits per heavy atom. The molecule has 2 aliphatic rings. The minimum Gasteiger partial charge on any atom is -0.311 e. The topological polar surface area (TPSA) is 15.3 Å². The van der Waals surface area contributed by atoms with E-state index in [0.717, 1.165) is 24.9 Å². The Kier molecular flexibility index (Phi) is 5.25. The van der Waals surface area contributed by atoms with Gasteiger partial charge in [0.2, 0.25) is 0 Å². The van der Waals surface area contributed by atoms with Crippen molar-refractivity contribution in [2.45, 2.75) is 70.5 Å². The Morgan fingerprint density at radius 1 is 1.33 bits per heavy atom. The predicted molar refractivity (Wildman–Crippen MR) is 78.8 cm³/mol. The Morgan fingerprint density at radius 3 is 2.72 bits per heavy atom. The van der Waals surface area contributed by atoms with Crippen molar-refractivity contribution in [3.05, 3.63) is 12.7 Å².